The molecule has 2 aromatic rings. The van der Waals surface area contributed by atoms with Crippen LogP contribution in [0.2, 0.25) is 0 Å². The second-order valence-corrected chi connectivity index (χ2v) is 6.38. The Bertz CT molecular complexity index is 644. The van der Waals surface area contributed by atoms with Gasteiger partial charge in [0.15, 0.2) is 0 Å². The van der Waals surface area contributed by atoms with E-state index in [-0.39, 0.29) is 5.91 Å². The van der Waals surface area contributed by atoms with Crippen molar-refractivity contribution in [3.05, 3.63) is 66.0 Å². The van der Waals surface area contributed by atoms with Crippen LogP contribution in [0.4, 0.5) is 0 Å². The summed E-state index contributed by atoms with van der Waals surface area (Å²) in [6, 6.07) is 14.7. The molecule has 4 heteroatoms. The highest BCUT2D eigenvalue weighted by atomic mass is 16.2. The lowest BCUT2D eigenvalue weighted by molar-refractivity contribution is -0.132. The summed E-state index contributed by atoms with van der Waals surface area (Å²) in [5, 5.41) is 0. The summed E-state index contributed by atoms with van der Waals surface area (Å²) in [7, 11) is 0. The summed E-state index contributed by atoms with van der Waals surface area (Å²) in [5.74, 6) is 0.206. The minimum absolute atomic E-state index is 0.206. The summed E-state index contributed by atoms with van der Waals surface area (Å²) < 4.78 is 0. The molecule has 2 heterocycles. The zero-order chi connectivity index (χ0) is 16.8. The van der Waals surface area contributed by atoms with Gasteiger partial charge in [-0.2, -0.15) is 0 Å². The number of carbonyl (C=O) groups excluding carboxylic acids is 1. The predicted octanol–water partition coefficient (Wildman–Crippen LogP) is 2.75. The van der Waals surface area contributed by atoms with Crippen molar-refractivity contribution in [2.75, 3.05) is 19.6 Å². The summed E-state index contributed by atoms with van der Waals surface area (Å²) in [6.45, 7) is 5.81. The fraction of sp³-hybridized carbons (Fsp3) is 0.400. The molecule has 0 unspecified atom stereocenters. The topological polar surface area (TPSA) is 36.4 Å². The molecule has 24 heavy (non-hydrogen) atoms. The number of hydrogen-bond donors (Lipinski definition) is 0. The molecule has 1 aliphatic heterocycles. The van der Waals surface area contributed by atoms with Crippen LogP contribution in [-0.2, 0) is 17.8 Å². The lowest BCUT2D eigenvalue weighted by Gasteiger charge is -2.28. The number of likely N-dealkylation sites (N-methyl/N-ethyl adjacent to an activating group) is 1. The monoisotopic (exact) mass is 323 g/mol. The van der Waals surface area contributed by atoms with Gasteiger partial charge in [-0.1, -0.05) is 36.4 Å². The van der Waals surface area contributed by atoms with Crippen molar-refractivity contribution in [1.82, 2.24) is 14.8 Å². The Kier molecular flexibility index (Phi) is 5.59. The van der Waals surface area contributed by atoms with E-state index in [0.29, 0.717) is 12.5 Å². The van der Waals surface area contributed by atoms with E-state index in [9.17, 15) is 4.79 Å². The Labute approximate surface area is 144 Å². The van der Waals surface area contributed by atoms with Crippen molar-refractivity contribution in [3.8, 4) is 0 Å². The van der Waals surface area contributed by atoms with Gasteiger partial charge in [-0.3, -0.25) is 14.7 Å². The third-order valence-electron chi connectivity index (χ3n) is 4.68. The maximum Gasteiger partial charge on any atom is 0.227 e. The maximum atomic E-state index is 12.7. The first-order valence-electron chi connectivity index (χ1n) is 8.71. The number of carbonyl (C=O) groups is 1. The lowest BCUT2D eigenvalue weighted by Crippen LogP contribution is -2.42. The molecule has 3 rings (SSSR count). The molecule has 1 aliphatic rings. The Morgan fingerprint density at radius 1 is 1.21 bits per heavy atom. The van der Waals surface area contributed by atoms with Gasteiger partial charge in [0.05, 0.1) is 6.42 Å². The molecule has 1 aromatic carbocycles. The molecule has 0 aliphatic carbocycles. The molecule has 1 aromatic heterocycles. The number of likely N-dealkylation sites (tertiary alicyclic amines) is 1. The molecule has 1 fully saturated rings. The third-order valence-corrected chi connectivity index (χ3v) is 4.68. The number of amides is 1. The number of hydrogen-bond acceptors (Lipinski definition) is 3. The van der Waals surface area contributed by atoms with Crippen LogP contribution in [0.5, 0.6) is 0 Å². The first-order chi connectivity index (χ1) is 11.8. The Hall–Kier alpha value is -2.20. The molecular weight excluding hydrogens is 298 g/mol. The third kappa shape index (κ3) is 4.20. The van der Waals surface area contributed by atoms with Crippen molar-refractivity contribution in [2.24, 2.45) is 0 Å². The van der Waals surface area contributed by atoms with Crippen LogP contribution in [0.3, 0.4) is 0 Å². The zero-order valence-electron chi connectivity index (χ0n) is 14.3. The van der Waals surface area contributed by atoms with E-state index in [2.05, 4.69) is 41.1 Å². The molecule has 0 N–H and O–H groups in total. The van der Waals surface area contributed by atoms with Crippen LogP contribution in [0.15, 0.2) is 54.9 Å². The van der Waals surface area contributed by atoms with Gasteiger partial charge in [0, 0.05) is 44.6 Å². The van der Waals surface area contributed by atoms with Crippen molar-refractivity contribution < 1.29 is 4.79 Å². The van der Waals surface area contributed by atoms with Crippen molar-refractivity contribution >= 4 is 5.91 Å². The van der Waals surface area contributed by atoms with Gasteiger partial charge in [0.25, 0.3) is 0 Å². The Balaban J connectivity index is 1.57. The van der Waals surface area contributed by atoms with Gasteiger partial charge in [-0.15, -0.1) is 0 Å². The summed E-state index contributed by atoms with van der Waals surface area (Å²) in [5.41, 5.74) is 2.32. The second kappa shape index (κ2) is 8.06. The number of rotatable bonds is 6. The average molecular weight is 323 g/mol. The minimum Gasteiger partial charge on any atom is -0.338 e. The molecular formula is C20H25N3O. The van der Waals surface area contributed by atoms with E-state index in [1.165, 1.54) is 5.56 Å². The molecule has 0 saturated carbocycles. The minimum atomic E-state index is 0.206. The molecule has 4 nitrogen and oxygen atoms in total. The van der Waals surface area contributed by atoms with E-state index >= 15 is 0 Å². The molecule has 0 bridgehead atoms. The van der Waals surface area contributed by atoms with Gasteiger partial charge in [0.1, 0.15) is 0 Å². The fourth-order valence-corrected chi connectivity index (χ4v) is 3.47. The van der Waals surface area contributed by atoms with Gasteiger partial charge >= 0.3 is 0 Å². The first-order valence-corrected chi connectivity index (χ1v) is 8.71. The van der Waals surface area contributed by atoms with Crippen LogP contribution in [0.1, 0.15) is 24.5 Å². The molecule has 0 spiro atoms. The van der Waals surface area contributed by atoms with Gasteiger partial charge in [0.2, 0.25) is 5.91 Å². The molecule has 1 atom stereocenters. The van der Waals surface area contributed by atoms with E-state index in [1.54, 1.807) is 12.4 Å². The van der Waals surface area contributed by atoms with Crippen LogP contribution in [-0.4, -0.2) is 46.4 Å². The van der Waals surface area contributed by atoms with Gasteiger partial charge < -0.3 is 4.90 Å². The fourth-order valence-electron chi connectivity index (χ4n) is 3.47. The molecule has 126 valence electrons. The molecule has 1 amide bonds. The van der Waals surface area contributed by atoms with Gasteiger partial charge in [-0.05, 0) is 30.5 Å². The van der Waals surface area contributed by atoms with Crippen molar-refractivity contribution in [2.45, 2.75) is 32.4 Å². The summed E-state index contributed by atoms with van der Waals surface area (Å²) in [6.07, 6.45) is 5.02. The van der Waals surface area contributed by atoms with Crippen molar-refractivity contribution in [3.63, 3.8) is 0 Å². The lowest BCUT2D eigenvalue weighted by atomic mass is 10.1. The SMILES string of the molecule is CCN(C(=O)Cc1cccnc1)[C@@H]1CCN(Cc2ccccc2)C1. The largest absolute Gasteiger partial charge is 0.338 e. The highest BCUT2D eigenvalue weighted by molar-refractivity contribution is 5.79. The smallest absolute Gasteiger partial charge is 0.227 e. The van der Waals surface area contributed by atoms with Crippen LogP contribution >= 0.6 is 0 Å². The van der Waals surface area contributed by atoms with Crippen LogP contribution < -0.4 is 0 Å². The van der Waals surface area contributed by atoms with Crippen molar-refractivity contribution in [1.29, 1.82) is 0 Å². The Morgan fingerprint density at radius 2 is 2.00 bits per heavy atom. The second-order valence-electron chi connectivity index (χ2n) is 6.38. The van der Waals surface area contributed by atoms with E-state index in [4.69, 9.17) is 0 Å². The highest BCUT2D eigenvalue weighted by Gasteiger charge is 2.29. The number of aromatic nitrogens is 1. The zero-order valence-corrected chi connectivity index (χ0v) is 14.3. The number of benzene rings is 1. The predicted molar refractivity (Wildman–Crippen MR) is 95.5 cm³/mol. The maximum absolute atomic E-state index is 12.7. The number of pyridine rings is 1. The quantitative estimate of drug-likeness (QED) is 0.820. The van der Waals surface area contributed by atoms with E-state index in [1.807, 2.05) is 23.1 Å². The molecule has 1 saturated heterocycles. The Morgan fingerprint density at radius 3 is 2.71 bits per heavy atom. The highest BCUT2D eigenvalue weighted by Crippen LogP contribution is 2.19. The van der Waals surface area contributed by atoms with E-state index in [0.717, 1.165) is 38.2 Å². The van der Waals surface area contributed by atoms with Crippen LogP contribution in [0, 0.1) is 0 Å². The number of nitrogens with zero attached hydrogens (tertiary/aromatic N) is 3. The first kappa shape index (κ1) is 16.7. The summed E-state index contributed by atoms with van der Waals surface area (Å²) in [4.78, 5) is 21.3. The van der Waals surface area contributed by atoms with Crippen LogP contribution in [0.25, 0.3) is 0 Å². The normalized spacial score (nSPS) is 17.8. The summed E-state index contributed by atoms with van der Waals surface area (Å²) >= 11 is 0. The standard InChI is InChI=1S/C20H25N3O/c1-2-23(20(24)13-18-9-6-11-21-14-18)19-10-12-22(16-19)15-17-7-4-3-5-8-17/h3-9,11,14,19H,2,10,12-13,15-16H2,1H3/t19-/m1/s1. The van der Waals surface area contributed by atoms with Gasteiger partial charge in [-0.25, -0.2) is 0 Å². The van der Waals surface area contributed by atoms with E-state index < -0.39 is 0 Å². The molecule has 0 radical (unpaired) electrons. The average Bonchev–Trinajstić information content (AvgIpc) is 3.05.